The van der Waals surface area contributed by atoms with Gasteiger partial charge in [0.25, 0.3) is 5.91 Å². The van der Waals surface area contributed by atoms with Gasteiger partial charge in [-0.1, -0.05) is 130 Å². The largest absolute Gasteiger partial charge is 0.494 e. The van der Waals surface area contributed by atoms with Gasteiger partial charge in [-0.3, -0.25) is 4.79 Å². The Bertz CT molecular complexity index is 2460. The number of nitrogens with zero attached hydrogens (tertiary/aromatic N) is 4. The van der Waals surface area contributed by atoms with E-state index in [1.165, 1.54) is 0 Å². The summed E-state index contributed by atoms with van der Waals surface area (Å²) in [5.74, 6) is 1.84. The number of carbonyl (C=O) groups is 1. The van der Waals surface area contributed by atoms with Crippen LogP contribution in [0.2, 0.25) is 0 Å². The molecule has 11 nitrogen and oxygen atoms in total. The number of aliphatic imine (C=N–C) groups is 1. The van der Waals surface area contributed by atoms with E-state index in [4.69, 9.17) is 23.9 Å². The van der Waals surface area contributed by atoms with Crippen molar-refractivity contribution in [3.63, 3.8) is 0 Å². The van der Waals surface area contributed by atoms with E-state index in [1.54, 1.807) is 0 Å². The molecule has 1 aliphatic heterocycles. The third-order valence-electron chi connectivity index (χ3n) is 10.3. The SMILES string of the molecule is [N-]=[N+]=NCc1ccccc1C[C@@]1(C(=O)NCCc2ccc(OCc3ccccc3)c(OCc3ccccc3)c2)N=C(c2ccc(OCCCO)cc2)O[C@@H]1c1ccccc1Br. The molecule has 6 aromatic rings. The van der Waals surface area contributed by atoms with E-state index < -0.39 is 11.6 Å². The molecular formula is C49H46BrN5O6. The monoisotopic (exact) mass is 879 g/mol. The Kier molecular flexibility index (Phi) is 14.7. The number of halogens is 1. The highest BCUT2D eigenvalue weighted by atomic mass is 79.9. The highest BCUT2D eigenvalue weighted by molar-refractivity contribution is 9.10. The summed E-state index contributed by atoms with van der Waals surface area (Å²) in [5.41, 5.74) is 13.7. The van der Waals surface area contributed by atoms with E-state index in [-0.39, 0.29) is 32.0 Å². The Morgan fingerprint density at radius 3 is 2.13 bits per heavy atom. The molecule has 1 amide bonds. The number of amides is 1. The van der Waals surface area contributed by atoms with Crippen LogP contribution in [-0.4, -0.2) is 42.2 Å². The summed E-state index contributed by atoms with van der Waals surface area (Å²) in [6.45, 7) is 1.57. The van der Waals surface area contributed by atoms with Crippen molar-refractivity contribution in [3.05, 3.63) is 206 Å². The Labute approximate surface area is 363 Å². The smallest absolute Gasteiger partial charge is 0.252 e. The zero-order valence-electron chi connectivity index (χ0n) is 33.5. The first-order chi connectivity index (χ1) is 30.0. The zero-order chi connectivity index (χ0) is 42.3. The van der Waals surface area contributed by atoms with Crippen molar-refractivity contribution >= 4 is 27.7 Å². The van der Waals surface area contributed by atoms with Crippen LogP contribution in [0, 0.1) is 0 Å². The molecule has 0 saturated heterocycles. The third kappa shape index (κ3) is 11.0. The van der Waals surface area contributed by atoms with Crippen molar-refractivity contribution in [1.29, 1.82) is 0 Å². The van der Waals surface area contributed by atoms with Crippen molar-refractivity contribution in [2.75, 3.05) is 19.8 Å². The second-order valence-electron chi connectivity index (χ2n) is 14.5. The van der Waals surface area contributed by atoms with E-state index in [0.29, 0.717) is 61.4 Å². The summed E-state index contributed by atoms with van der Waals surface area (Å²) >= 11 is 3.73. The lowest BCUT2D eigenvalue weighted by atomic mass is 9.81. The average Bonchev–Trinajstić information content (AvgIpc) is 3.68. The number of aliphatic hydroxyl groups is 1. The first-order valence-corrected chi connectivity index (χ1v) is 20.9. The Hall–Kier alpha value is -6.59. The second-order valence-corrected chi connectivity index (χ2v) is 15.3. The van der Waals surface area contributed by atoms with Gasteiger partial charge in [0, 0.05) is 46.5 Å². The van der Waals surface area contributed by atoms with Gasteiger partial charge in [-0.25, -0.2) is 4.99 Å². The molecule has 0 bridgehead atoms. The maximum absolute atomic E-state index is 15.1. The average molecular weight is 881 g/mol. The molecule has 6 aromatic carbocycles. The molecule has 0 fully saturated rings. The number of ether oxygens (including phenoxy) is 4. The molecule has 310 valence electrons. The molecule has 0 aromatic heterocycles. The summed E-state index contributed by atoms with van der Waals surface area (Å²) in [4.78, 5) is 23.3. The maximum Gasteiger partial charge on any atom is 0.252 e. The predicted molar refractivity (Wildman–Crippen MR) is 239 cm³/mol. The van der Waals surface area contributed by atoms with Crippen LogP contribution in [0.3, 0.4) is 0 Å². The Morgan fingerprint density at radius 2 is 1.44 bits per heavy atom. The fourth-order valence-electron chi connectivity index (χ4n) is 7.11. The molecule has 1 heterocycles. The molecule has 0 saturated carbocycles. The van der Waals surface area contributed by atoms with Gasteiger partial charge in [0.15, 0.2) is 23.1 Å². The number of nitrogens with one attached hydrogen (secondary N) is 1. The molecule has 2 atom stereocenters. The molecule has 2 N–H and O–H groups in total. The summed E-state index contributed by atoms with van der Waals surface area (Å²) in [6, 6.07) is 48.4. The van der Waals surface area contributed by atoms with Crippen molar-refractivity contribution in [2.45, 2.75) is 50.7 Å². The zero-order valence-corrected chi connectivity index (χ0v) is 35.1. The summed E-state index contributed by atoms with van der Waals surface area (Å²) < 4.78 is 25.9. The van der Waals surface area contributed by atoms with Crippen LogP contribution < -0.4 is 19.5 Å². The molecule has 7 rings (SSSR count). The minimum Gasteiger partial charge on any atom is -0.494 e. The number of benzene rings is 6. The van der Waals surface area contributed by atoms with Crippen LogP contribution >= 0.6 is 15.9 Å². The van der Waals surface area contributed by atoms with Gasteiger partial charge in [0.05, 0.1) is 13.2 Å². The van der Waals surface area contributed by atoms with Crippen LogP contribution in [-0.2, 0) is 42.1 Å². The van der Waals surface area contributed by atoms with Gasteiger partial charge < -0.3 is 29.4 Å². The number of rotatable bonds is 20. The Morgan fingerprint density at radius 1 is 0.787 bits per heavy atom. The van der Waals surface area contributed by atoms with Crippen LogP contribution in [0.25, 0.3) is 10.4 Å². The highest BCUT2D eigenvalue weighted by Crippen LogP contribution is 2.45. The lowest BCUT2D eigenvalue weighted by Gasteiger charge is -2.32. The first-order valence-electron chi connectivity index (χ1n) is 20.1. The van der Waals surface area contributed by atoms with Crippen molar-refractivity contribution in [2.24, 2.45) is 10.1 Å². The second kappa shape index (κ2) is 21.1. The van der Waals surface area contributed by atoms with E-state index in [9.17, 15) is 10.6 Å². The van der Waals surface area contributed by atoms with E-state index in [0.717, 1.165) is 37.9 Å². The molecular weight excluding hydrogens is 834 g/mol. The van der Waals surface area contributed by atoms with Crippen LogP contribution in [0.4, 0.5) is 0 Å². The minimum atomic E-state index is -1.49. The van der Waals surface area contributed by atoms with Crippen molar-refractivity contribution in [1.82, 2.24) is 5.32 Å². The Balaban J connectivity index is 1.19. The number of carbonyl (C=O) groups excluding carboxylic acids is 1. The number of aliphatic hydroxyl groups excluding tert-OH is 1. The number of hydrogen-bond acceptors (Lipinski definition) is 8. The molecule has 1 aliphatic rings. The summed E-state index contributed by atoms with van der Waals surface area (Å²) in [5, 5.41) is 16.3. The first kappa shape index (κ1) is 42.5. The number of azide groups is 1. The molecule has 0 radical (unpaired) electrons. The standard InChI is InChI=1S/C49H46BrN5O6/c50-43-19-10-9-18-42(43)46-49(31-39-16-7-8-17-40(39)32-53-55-51,54-47(61-46)38-21-23-41(24-22-38)58-29-11-28-56)48(57)52-27-26-35-20-25-44(59-33-36-12-3-1-4-13-36)45(30-35)60-34-37-14-5-2-6-15-37/h1-10,12-25,30,46,56H,11,26-29,31-34H2,(H,52,57)/t46-,49-/m1/s1. The van der Waals surface area contributed by atoms with E-state index >= 15 is 4.79 Å². The fourth-order valence-corrected chi connectivity index (χ4v) is 7.61. The molecule has 0 spiro atoms. The topological polar surface area (TPSA) is 147 Å². The van der Waals surface area contributed by atoms with Crippen molar-refractivity contribution < 1.29 is 28.8 Å². The highest BCUT2D eigenvalue weighted by Gasteiger charge is 2.54. The van der Waals surface area contributed by atoms with Gasteiger partial charge >= 0.3 is 0 Å². The minimum absolute atomic E-state index is 0.0376. The maximum atomic E-state index is 15.1. The lowest BCUT2D eigenvalue weighted by Crippen LogP contribution is -2.50. The van der Waals surface area contributed by atoms with Gasteiger partial charge in [-0.05, 0) is 82.2 Å². The van der Waals surface area contributed by atoms with Crippen LogP contribution in [0.1, 0.15) is 51.5 Å². The molecule has 0 aliphatic carbocycles. The normalized spacial score (nSPS) is 15.5. The van der Waals surface area contributed by atoms with Gasteiger partial charge in [0.1, 0.15) is 19.0 Å². The summed E-state index contributed by atoms with van der Waals surface area (Å²) in [6.07, 6.45) is 0.315. The van der Waals surface area contributed by atoms with Gasteiger partial charge in [-0.2, -0.15) is 0 Å². The molecule has 61 heavy (non-hydrogen) atoms. The van der Waals surface area contributed by atoms with Gasteiger partial charge in [-0.15, -0.1) is 0 Å². The van der Waals surface area contributed by atoms with Crippen LogP contribution in [0.5, 0.6) is 17.2 Å². The third-order valence-corrected chi connectivity index (χ3v) is 11.0. The van der Waals surface area contributed by atoms with E-state index in [1.807, 2.05) is 152 Å². The van der Waals surface area contributed by atoms with Gasteiger partial charge in [0.2, 0.25) is 5.90 Å². The predicted octanol–water partition coefficient (Wildman–Crippen LogP) is 10.0. The molecule has 12 heteroatoms. The summed E-state index contributed by atoms with van der Waals surface area (Å²) in [7, 11) is 0. The molecule has 0 unspecified atom stereocenters. The fraction of sp³-hybridized carbons (Fsp3) is 0.224. The lowest BCUT2D eigenvalue weighted by molar-refractivity contribution is -0.128. The quantitative estimate of drug-likeness (QED) is 0.0338. The van der Waals surface area contributed by atoms with Crippen molar-refractivity contribution in [3.8, 4) is 17.2 Å². The number of hydrogen-bond donors (Lipinski definition) is 2. The van der Waals surface area contributed by atoms with E-state index in [2.05, 4.69) is 31.3 Å². The van der Waals surface area contributed by atoms with Crippen LogP contribution in [0.15, 0.2) is 166 Å².